The Bertz CT molecular complexity index is 829. The van der Waals surface area contributed by atoms with E-state index in [0.717, 1.165) is 24.5 Å². The highest BCUT2D eigenvalue weighted by atomic mass is 16.5. The van der Waals surface area contributed by atoms with E-state index in [9.17, 15) is 9.59 Å². The summed E-state index contributed by atoms with van der Waals surface area (Å²) in [5.41, 5.74) is 1.52. The van der Waals surface area contributed by atoms with Crippen molar-refractivity contribution < 1.29 is 23.8 Å². The molecule has 2 aromatic rings. The Labute approximate surface area is 170 Å². The van der Waals surface area contributed by atoms with Crippen molar-refractivity contribution in [3.63, 3.8) is 0 Å². The van der Waals surface area contributed by atoms with Gasteiger partial charge in [-0.1, -0.05) is 6.07 Å². The topological polar surface area (TPSA) is 68.3 Å². The molecule has 1 heterocycles. The van der Waals surface area contributed by atoms with Crippen LogP contribution in [0.4, 0.5) is 5.69 Å². The lowest BCUT2D eigenvalue weighted by molar-refractivity contribution is -0.133. The van der Waals surface area contributed by atoms with Gasteiger partial charge in [0.05, 0.1) is 19.3 Å². The molecule has 0 N–H and O–H groups in total. The quantitative estimate of drug-likeness (QED) is 0.668. The molecule has 0 aromatic heterocycles. The zero-order valence-corrected chi connectivity index (χ0v) is 16.8. The molecular weight excluding hydrogens is 372 g/mol. The first kappa shape index (κ1) is 20.5. The molecule has 0 spiro atoms. The minimum absolute atomic E-state index is 0.0607. The molecule has 1 saturated heterocycles. The Balaban J connectivity index is 1.48. The second kappa shape index (κ2) is 9.82. The van der Waals surface area contributed by atoms with Crippen LogP contribution in [0.25, 0.3) is 0 Å². The number of amides is 1. The molecule has 29 heavy (non-hydrogen) atoms. The van der Waals surface area contributed by atoms with Gasteiger partial charge in [-0.05, 0) is 49.4 Å². The van der Waals surface area contributed by atoms with E-state index in [1.165, 1.54) is 0 Å². The first-order valence-electron chi connectivity index (χ1n) is 9.67. The first-order valence-corrected chi connectivity index (χ1v) is 9.67. The lowest BCUT2D eigenvalue weighted by Crippen LogP contribution is -2.50. The van der Waals surface area contributed by atoms with Crippen LogP contribution < -0.4 is 14.4 Å². The Kier molecular flexibility index (Phi) is 6.94. The van der Waals surface area contributed by atoms with E-state index in [0.29, 0.717) is 31.0 Å². The van der Waals surface area contributed by atoms with Crippen molar-refractivity contribution in [3.8, 4) is 11.5 Å². The third-order valence-corrected chi connectivity index (χ3v) is 4.78. The molecule has 1 aliphatic rings. The molecule has 0 bridgehead atoms. The Morgan fingerprint density at radius 3 is 2.34 bits per heavy atom. The molecule has 0 atom stereocenters. The number of ether oxygens (including phenoxy) is 3. The molecule has 7 nitrogen and oxygen atoms in total. The monoisotopic (exact) mass is 398 g/mol. The zero-order valence-electron chi connectivity index (χ0n) is 16.8. The molecule has 7 heteroatoms. The predicted octanol–water partition coefficient (Wildman–Crippen LogP) is 2.60. The summed E-state index contributed by atoms with van der Waals surface area (Å²) >= 11 is 0. The number of methoxy groups -OCH3 is 1. The number of nitrogens with zero attached hydrogens (tertiary/aromatic N) is 2. The number of hydrogen-bond acceptors (Lipinski definition) is 6. The molecule has 2 aromatic carbocycles. The van der Waals surface area contributed by atoms with Crippen LogP contribution in [0, 0.1) is 0 Å². The summed E-state index contributed by atoms with van der Waals surface area (Å²) in [6.45, 7) is 4.80. The average molecular weight is 398 g/mol. The number of anilines is 1. The van der Waals surface area contributed by atoms with E-state index in [4.69, 9.17) is 14.2 Å². The largest absolute Gasteiger partial charge is 0.497 e. The van der Waals surface area contributed by atoms with Crippen LogP contribution in [0.2, 0.25) is 0 Å². The fourth-order valence-electron chi connectivity index (χ4n) is 3.17. The molecule has 1 fully saturated rings. The van der Waals surface area contributed by atoms with Gasteiger partial charge in [-0.2, -0.15) is 0 Å². The number of rotatable bonds is 7. The molecule has 1 amide bonds. The van der Waals surface area contributed by atoms with Crippen molar-refractivity contribution in [3.05, 3.63) is 54.1 Å². The van der Waals surface area contributed by atoms with Gasteiger partial charge in [0, 0.05) is 31.9 Å². The van der Waals surface area contributed by atoms with Crippen molar-refractivity contribution >= 4 is 17.6 Å². The zero-order chi connectivity index (χ0) is 20.6. The summed E-state index contributed by atoms with van der Waals surface area (Å²) in [7, 11) is 1.65. The van der Waals surface area contributed by atoms with Crippen LogP contribution in [-0.4, -0.2) is 63.3 Å². The van der Waals surface area contributed by atoms with E-state index in [1.807, 2.05) is 24.3 Å². The number of hydrogen-bond donors (Lipinski definition) is 0. The second-order valence-electron chi connectivity index (χ2n) is 6.60. The van der Waals surface area contributed by atoms with E-state index in [1.54, 1.807) is 43.2 Å². The van der Waals surface area contributed by atoms with Gasteiger partial charge in [0.15, 0.2) is 6.61 Å². The molecule has 0 saturated carbocycles. The third-order valence-electron chi connectivity index (χ3n) is 4.78. The van der Waals surface area contributed by atoms with E-state index < -0.39 is 5.97 Å². The summed E-state index contributed by atoms with van der Waals surface area (Å²) in [5.74, 6) is 0.826. The van der Waals surface area contributed by atoms with Crippen molar-refractivity contribution in [1.82, 2.24) is 4.90 Å². The number of benzene rings is 2. The number of esters is 1. The maximum absolute atomic E-state index is 12.5. The van der Waals surface area contributed by atoms with Crippen LogP contribution in [0.3, 0.4) is 0 Å². The summed E-state index contributed by atoms with van der Waals surface area (Å²) < 4.78 is 15.8. The van der Waals surface area contributed by atoms with Gasteiger partial charge in [-0.3, -0.25) is 4.79 Å². The SMILES string of the molecule is CCOC(=O)c1cccc(OCC(=O)N2CCN(c3ccc(OC)cc3)CC2)c1. The summed E-state index contributed by atoms with van der Waals surface area (Å²) in [6, 6.07) is 14.6. The lowest BCUT2D eigenvalue weighted by Gasteiger charge is -2.36. The third kappa shape index (κ3) is 5.40. The Morgan fingerprint density at radius 1 is 0.966 bits per heavy atom. The molecule has 1 aliphatic heterocycles. The molecular formula is C22H26N2O5. The van der Waals surface area contributed by atoms with E-state index in [2.05, 4.69) is 4.90 Å². The van der Waals surface area contributed by atoms with Gasteiger partial charge in [-0.15, -0.1) is 0 Å². The minimum atomic E-state index is -0.404. The van der Waals surface area contributed by atoms with Gasteiger partial charge < -0.3 is 24.0 Å². The maximum Gasteiger partial charge on any atom is 0.338 e. The van der Waals surface area contributed by atoms with Crippen molar-refractivity contribution in [2.45, 2.75) is 6.92 Å². The smallest absolute Gasteiger partial charge is 0.338 e. The average Bonchev–Trinajstić information content (AvgIpc) is 2.78. The van der Waals surface area contributed by atoms with Crippen LogP contribution in [0.5, 0.6) is 11.5 Å². The molecule has 0 aliphatic carbocycles. The number of piperazine rings is 1. The molecule has 3 rings (SSSR count). The number of carbonyl (C=O) groups is 2. The van der Waals surface area contributed by atoms with E-state index in [-0.39, 0.29) is 12.5 Å². The highest BCUT2D eigenvalue weighted by Gasteiger charge is 2.21. The van der Waals surface area contributed by atoms with Crippen molar-refractivity contribution in [1.29, 1.82) is 0 Å². The van der Waals surface area contributed by atoms with Gasteiger partial charge >= 0.3 is 5.97 Å². The standard InChI is InChI=1S/C22H26N2O5/c1-3-28-22(26)17-5-4-6-20(15-17)29-16-21(25)24-13-11-23(12-14-24)18-7-9-19(27-2)10-8-18/h4-10,15H,3,11-14,16H2,1-2H3. The Hall–Kier alpha value is -3.22. The van der Waals surface area contributed by atoms with Gasteiger partial charge in [0.1, 0.15) is 11.5 Å². The first-order chi connectivity index (χ1) is 14.1. The normalized spacial score (nSPS) is 13.7. The van der Waals surface area contributed by atoms with Crippen LogP contribution >= 0.6 is 0 Å². The maximum atomic E-state index is 12.5. The van der Waals surface area contributed by atoms with Crippen molar-refractivity contribution in [2.75, 3.05) is 51.4 Å². The van der Waals surface area contributed by atoms with Crippen LogP contribution in [-0.2, 0) is 9.53 Å². The van der Waals surface area contributed by atoms with E-state index >= 15 is 0 Å². The minimum Gasteiger partial charge on any atom is -0.497 e. The van der Waals surface area contributed by atoms with Crippen LogP contribution in [0.15, 0.2) is 48.5 Å². The summed E-state index contributed by atoms with van der Waals surface area (Å²) in [6.07, 6.45) is 0. The van der Waals surface area contributed by atoms with Gasteiger partial charge in [0.25, 0.3) is 5.91 Å². The van der Waals surface area contributed by atoms with Crippen molar-refractivity contribution in [2.24, 2.45) is 0 Å². The predicted molar refractivity (Wildman–Crippen MR) is 110 cm³/mol. The fourth-order valence-corrected chi connectivity index (χ4v) is 3.17. The second-order valence-corrected chi connectivity index (χ2v) is 6.60. The van der Waals surface area contributed by atoms with Gasteiger partial charge in [0.2, 0.25) is 0 Å². The lowest BCUT2D eigenvalue weighted by atomic mass is 10.2. The van der Waals surface area contributed by atoms with Gasteiger partial charge in [-0.25, -0.2) is 4.79 Å². The summed E-state index contributed by atoms with van der Waals surface area (Å²) in [4.78, 5) is 28.3. The summed E-state index contributed by atoms with van der Waals surface area (Å²) in [5, 5.41) is 0. The molecule has 0 radical (unpaired) electrons. The van der Waals surface area contributed by atoms with Crippen LogP contribution in [0.1, 0.15) is 17.3 Å². The highest BCUT2D eigenvalue weighted by molar-refractivity contribution is 5.89. The number of carbonyl (C=O) groups excluding carboxylic acids is 2. The fraction of sp³-hybridized carbons (Fsp3) is 0.364. The highest BCUT2D eigenvalue weighted by Crippen LogP contribution is 2.21. The molecule has 154 valence electrons. The molecule has 0 unspecified atom stereocenters. The Morgan fingerprint density at radius 2 is 1.69 bits per heavy atom.